The molecule has 2 nitrogen and oxygen atoms in total. The highest BCUT2D eigenvalue weighted by atomic mass is 35.5. The third kappa shape index (κ3) is 4.39. The van der Waals surface area contributed by atoms with E-state index in [2.05, 4.69) is 57.1 Å². The van der Waals surface area contributed by atoms with Crippen LogP contribution in [0.3, 0.4) is 0 Å². The quantitative estimate of drug-likeness (QED) is 0.743. The first kappa shape index (κ1) is 16.3. The molecule has 1 N–H and O–H groups in total. The van der Waals surface area contributed by atoms with Gasteiger partial charge in [-0.25, -0.2) is 0 Å². The van der Waals surface area contributed by atoms with Gasteiger partial charge in [0.2, 0.25) is 0 Å². The zero-order valence-electron chi connectivity index (χ0n) is 12.9. The van der Waals surface area contributed by atoms with Crippen LogP contribution in [0.2, 0.25) is 5.02 Å². The third-order valence-electron chi connectivity index (χ3n) is 3.92. The molecule has 0 saturated heterocycles. The second-order valence-corrected chi connectivity index (χ2v) is 6.11. The van der Waals surface area contributed by atoms with Gasteiger partial charge in [0.05, 0.1) is 0 Å². The van der Waals surface area contributed by atoms with E-state index in [1.165, 1.54) is 11.3 Å². The normalized spacial score (nSPS) is 11.7. The molecule has 1 rings (SSSR count). The molecule has 0 aliphatic rings. The minimum absolute atomic E-state index is 0.146. The molecule has 0 fully saturated rings. The first-order valence-corrected chi connectivity index (χ1v) is 7.53. The van der Waals surface area contributed by atoms with Crippen molar-refractivity contribution < 1.29 is 0 Å². The molecule has 0 aliphatic heterocycles. The van der Waals surface area contributed by atoms with Crippen LogP contribution in [0.5, 0.6) is 0 Å². The molecule has 0 saturated carbocycles. The second kappa shape index (κ2) is 7.16. The van der Waals surface area contributed by atoms with Crippen molar-refractivity contribution in [2.45, 2.75) is 52.6 Å². The Hall–Kier alpha value is -0.730. The lowest BCUT2D eigenvalue weighted by molar-refractivity contribution is 0.469. The fourth-order valence-corrected chi connectivity index (χ4v) is 2.18. The number of nitrogens with zero attached hydrogens (tertiary/aromatic N) is 1. The average molecular weight is 283 g/mol. The molecule has 19 heavy (non-hydrogen) atoms. The second-order valence-electron chi connectivity index (χ2n) is 5.67. The molecule has 3 heteroatoms. The predicted molar refractivity (Wildman–Crippen MR) is 86.2 cm³/mol. The van der Waals surface area contributed by atoms with Crippen LogP contribution in [0, 0.1) is 0 Å². The van der Waals surface area contributed by atoms with Crippen LogP contribution in [-0.2, 0) is 6.54 Å². The molecule has 0 aliphatic carbocycles. The van der Waals surface area contributed by atoms with Gasteiger partial charge in [0, 0.05) is 29.8 Å². The number of nitrogens with one attached hydrogen (secondary N) is 1. The summed E-state index contributed by atoms with van der Waals surface area (Å²) in [7, 11) is 2.16. The highest BCUT2D eigenvalue weighted by Gasteiger charge is 2.23. The Labute approximate surface area is 123 Å². The van der Waals surface area contributed by atoms with E-state index in [9.17, 15) is 0 Å². The van der Waals surface area contributed by atoms with E-state index < -0.39 is 0 Å². The lowest BCUT2D eigenvalue weighted by Crippen LogP contribution is -2.41. The molecule has 0 spiro atoms. The molecule has 0 heterocycles. The fraction of sp³-hybridized carbons (Fsp3) is 0.625. The highest BCUT2D eigenvalue weighted by molar-refractivity contribution is 6.30. The molecular weight excluding hydrogens is 256 g/mol. The van der Waals surface area contributed by atoms with E-state index >= 15 is 0 Å². The summed E-state index contributed by atoms with van der Waals surface area (Å²) < 4.78 is 0. The zero-order valence-corrected chi connectivity index (χ0v) is 13.6. The minimum atomic E-state index is 0.146. The van der Waals surface area contributed by atoms with Crippen LogP contribution in [-0.4, -0.2) is 19.1 Å². The van der Waals surface area contributed by atoms with Crippen molar-refractivity contribution in [2.24, 2.45) is 0 Å². The summed E-state index contributed by atoms with van der Waals surface area (Å²) in [4.78, 5) is 2.35. The van der Waals surface area contributed by atoms with E-state index in [1.807, 2.05) is 6.07 Å². The molecule has 0 amide bonds. The Balaban J connectivity index is 2.98. The molecule has 0 atom stereocenters. The number of rotatable bonds is 7. The van der Waals surface area contributed by atoms with Gasteiger partial charge in [0.25, 0.3) is 0 Å². The van der Waals surface area contributed by atoms with Crippen LogP contribution in [0.15, 0.2) is 18.2 Å². The Kier molecular flexibility index (Phi) is 6.15. The van der Waals surface area contributed by atoms with E-state index in [0.29, 0.717) is 0 Å². The van der Waals surface area contributed by atoms with Crippen molar-refractivity contribution in [2.75, 3.05) is 18.5 Å². The van der Waals surface area contributed by atoms with E-state index in [4.69, 9.17) is 11.6 Å². The average Bonchev–Trinajstić information content (AvgIpc) is 2.38. The molecule has 1 aromatic rings. The Bertz CT molecular complexity index is 402. The molecule has 0 unspecified atom stereocenters. The Morgan fingerprint density at radius 1 is 1.26 bits per heavy atom. The van der Waals surface area contributed by atoms with Crippen LogP contribution < -0.4 is 10.2 Å². The number of halogens is 1. The fourth-order valence-electron chi connectivity index (χ4n) is 1.99. The van der Waals surface area contributed by atoms with Gasteiger partial charge in [0.15, 0.2) is 0 Å². The van der Waals surface area contributed by atoms with Gasteiger partial charge in [-0.2, -0.15) is 0 Å². The van der Waals surface area contributed by atoms with Crippen LogP contribution in [0.25, 0.3) is 0 Å². The maximum atomic E-state index is 6.14. The van der Waals surface area contributed by atoms with Crippen molar-refractivity contribution in [1.29, 1.82) is 0 Å². The number of benzene rings is 1. The summed E-state index contributed by atoms with van der Waals surface area (Å²) in [5.74, 6) is 0. The first-order valence-electron chi connectivity index (χ1n) is 7.15. The molecule has 0 aromatic heterocycles. The lowest BCUT2D eigenvalue weighted by atomic mass is 9.98. The molecular formula is C16H27ClN2. The van der Waals surface area contributed by atoms with Crippen molar-refractivity contribution in [1.82, 2.24) is 5.32 Å². The maximum absolute atomic E-state index is 6.14. The van der Waals surface area contributed by atoms with Gasteiger partial charge < -0.3 is 10.2 Å². The third-order valence-corrected chi connectivity index (χ3v) is 4.15. The summed E-state index contributed by atoms with van der Waals surface area (Å²) in [6.45, 7) is 10.8. The lowest BCUT2D eigenvalue weighted by Gasteiger charge is -2.38. The zero-order chi connectivity index (χ0) is 14.5. The Morgan fingerprint density at radius 2 is 1.95 bits per heavy atom. The van der Waals surface area contributed by atoms with Crippen LogP contribution in [0.4, 0.5) is 5.69 Å². The summed E-state index contributed by atoms with van der Waals surface area (Å²) in [6, 6.07) is 6.17. The molecule has 0 radical (unpaired) electrons. The largest absolute Gasteiger partial charge is 0.369 e. The first-order chi connectivity index (χ1) is 8.92. The summed E-state index contributed by atoms with van der Waals surface area (Å²) in [5.41, 5.74) is 2.68. The monoisotopic (exact) mass is 282 g/mol. The van der Waals surface area contributed by atoms with Gasteiger partial charge in [-0.15, -0.1) is 0 Å². The van der Waals surface area contributed by atoms with Gasteiger partial charge in [-0.05, 0) is 57.0 Å². The minimum Gasteiger partial charge on any atom is -0.369 e. The van der Waals surface area contributed by atoms with Crippen LogP contribution >= 0.6 is 11.6 Å². The summed E-state index contributed by atoms with van der Waals surface area (Å²) >= 11 is 6.14. The molecule has 1 aromatic carbocycles. The summed E-state index contributed by atoms with van der Waals surface area (Å²) in [5, 5.41) is 4.26. The maximum Gasteiger partial charge on any atom is 0.0414 e. The molecule has 0 bridgehead atoms. The predicted octanol–water partition coefficient (Wildman–Crippen LogP) is 4.46. The van der Waals surface area contributed by atoms with Crippen molar-refractivity contribution in [3.05, 3.63) is 28.8 Å². The van der Waals surface area contributed by atoms with Crippen molar-refractivity contribution in [3.8, 4) is 0 Å². The topological polar surface area (TPSA) is 15.3 Å². The standard InChI is InChI=1S/C16H27ClN2/c1-6-10-18-12-13-11-14(17)8-9-15(13)19(5)16(3,4)7-2/h8-9,11,18H,6-7,10,12H2,1-5H3. The van der Waals surface area contributed by atoms with Crippen molar-refractivity contribution in [3.63, 3.8) is 0 Å². The van der Waals surface area contributed by atoms with Gasteiger partial charge in [-0.1, -0.05) is 25.4 Å². The van der Waals surface area contributed by atoms with Crippen molar-refractivity contribution >= 4 is 17.3 Å². The SMILES string of the molecule is CCCNCc1cc(Cl)ccc1N(C)C(C)(C)CC. The smallest absolute Gasteiger partial charge is 0.0414 e. The van der Waals surface area contributed by atoms with E-state index in [-0.39, 0.29) is 5.54 Å². The number of hydrogen-bond donors (Lipinski definition) is 1. The number of anilines is 1. The van der Waals surface area contributed by atoms with Crippen LogP contribution in [0.1, 0.15) is 46.1 Å². The Morgan fingerprint density at radius 3 is 2.53 bits per heavy atom. The van der Waals surface area contributed by atoms with E-state index in [0.717, 1.165) is 31.0 Å². The molecule has 108 valence electrons. The number of hydrogen-bond acceptors (Lipinski definition) is 2. The van der Waals surface area contributed by atoms with Gasteiger partial charge in [-0.3, -0.25) is 0 Å². The summed E-state index contributed by atoms with van der Waals surface area (Å²) in [6.07, 6.45) is 2.25. The van der Waals surface area contributed by atoms with Gasteiger partial charge >= 0.3 is 0 Å². The highest BCUT2D eigenvalue weighted by Crippen LogP contribution is 2.30. The van der Waals surface area contributed by atoms with E-state index in [1.54, 1.807) is 0 Å². The van der Waals surface area contributed by atoms with Gasteiger partial charge in [0.1, 0.15) is 0 Å².